The number of ether oxygens (including phenoxy) is 1. The number of halogens is 1. The molecular formula is C16H30IN7O. The van der Waals surface area contributed by atoms with Gasteiger partial charge in [-0.3, -0.25) is 4.90 Å². The number of rotatable bonds is 7. The van der Waals surface area contributed by atoms with E-state index >= 15 is 0 Å². The predicted molar refractivity (Wildman–Crippen MR) is 108 cm³/mol. The maximum Gasteiger partial charge on any atom is 0.191 e. The Kier molecular flexibility index (Phi) is 8.90. The lowest BCUT2D eigenvalue weighted by Crippen LogP contribution is -2.40. The molecule has 3 rings (SSSR count). The first-order valence-corrected chi connectivity index (χ1v) is 9.10. The van der Waals surface area contributed by atoms with Crippen molar-refractivity contribution in [2.75, 3.05) is 45.9 Å². The molecule has 1 saturated heterocycles. The minimum atomic E-state index is 0. The molecule has 8 nitrogen and oxygen atoms in total. The molecule has 0 spiro atoms. The Morgan fingerprint density at radius 2 is 2.04 bits per heavy atom. The third-order valence-corrected chi connectivity index (χ3v) is 4.46. The van der Waals surface area contributed by atoms with Crippen LogP contribution in [0.15, 0.2) is 4.99 Å². The molecule has 0 bridgehead atoms. The summed E-state index contributed by atoms with van der Waals surface area (Å²) in [5, 5.41) is 15.2. The van der Waals surface area contributed by atoms with Gasteiger partial charge in [0, 0.05) is 39.1 Å². The van der Waals surface area contributed by atoms with Gasteiger partial charge in [0.15, 0.2) is 11.8 Å². The summed E-state index contributed by atoms with van der Waals surface area (Å²) in [5.41, 5.74) is 0. The van der Waals surface area contributed by atoms with Gasteiger partial charge in [0.25, 0.3) is 0 Å². The van der Waals surface area contributed by atoms with Crippen molar-refractivity contribution in [3.8, 4) is 0 Å². The van der Waals surface area contributed by atoms with Crippen LogP contribution in [0.4, 0.5) is 0 Å². The quantitative estimate of drug-likeness (QED) is 0.267. The second kappa shape index (κ2) is 10.9. The zero-order valence-corrected chi connectivity index (χ0v) is 17.4. The zero-order valence-electron chi connectivity index (χ0n) is 15.0. The van der Waals surface area contributed by atoms with Gasteiger partial charge in [-0.05, 0) is 26.3 Å². The maximum atomic E-state index is 5.38. The van der Waals surface area contributed by atoms with Crippen molar-refractivity contribution in [1.29, 1.82) is 0 Å². The lowest BCUT2D eigenvalue weighted by molar-refractivity contribution is 0.0376. The van der Waals surface area contributed by atoms with Gasteiger partial charge in [0.05, 0.1) is 13.2 Å². The van der Waals surface area contributed by atoms with Crippen LogP contribution in [-0.2, 0) is 24.2 Å². The van der Waals surface area contributed by atoms with E-state index in [2.05, 4.69) is 42.2 Å². The highest BCUT2D eigenvalue weighted by Gasteiger charge is 2.16. The first-order valence-electron chi connectivity index (χ1n) is 9.10. The molecule has 3 heterocycles. The van der Waals surface area contributed by atoms with E-state index < -0.39 is 0 Å². The van der Waals surface area contributed by atoms with E-state index in [0.29, 0.717) is 6.54 Å². The van der Waals surface area contributed by atoms with Gasteiger partial charge < -0.3 is 19.9 Å². The number of fused-ring (bicyclic) bond motifs is 1. The van der Waals surface area contributed by atoms with Crippen LogP contribution in [0.1, 0.15) is 31.4 Å². The SMILES string of the molecule is CCNC(=NCc1nnc2n1CCC2)NCCCN1CCOCC1.I. The van der Waals surface area contributed by atoms with Gasteiger partial charge in [0.1, 0.15) is 12.4 Å². The van der Waals surface area contributed by atoms with Crippen molar-refractivity contribution in [3.05, 3.63) is 11.6 Å². The van der Waals surface area contributed by atoms with E-state index in [9.17, 15) is 0 Å². The number of nitrogens with one attached hydrogen (secondary N) is 2. The van der Waals surface area contributed by atoms with Crippen LogP contribution in [0, 0.1) is 0 Å². The molecule has 9 heteroatoms. The third kappa shape index (κ3) is 6.07. The first-order chi connectivity index (χ1) is 11.9. The molecule has 2 N–H and O–H groups in total. The molecule has 0 radical (unpaired) electrons. The van der Waals surface area contributed by atoms with Gasteiger partial charge in [-0.15, -0.1) is 34.2 Å². The largest absolute Gasteiger partial charge is 0.379 e. The van der Waals surface area contributed by atoms with Crippen molar-refractivity contribution in [1.82, 2.24) is 30.3 Å². The summed E-state index contributed by atoms with van der Waals surface area (Å²) >= 11 is 0. The second-order valence-electron chi connectivity index (χ2n) is 6.22. The minimum Gasteiger partial charge on any atom is -0.379 e. The number of hydrogen-bond acceptors (Lipinski definition) is 5. The number of hydrogen-bond donors (Lipinski definition) is 2. The molecule has 0 aliphatic carbocycles. The van der Waals surface area contributed by atoms with Crippen LogP contribution in [0.25, 0.3) is 0 Å². The number of aryl methyl sites for hydroxylation is 1. The molecule has 142 valence electrons. The summed E-state index contributed by atoms with van der Waals surface area (Å²) in [6.07, 6.45) is 3.31. The predicted octanol–water partition coefficient (Wildman–Crippen LogP) is 0.620. The molecular weight excluding hydrogens is 433 g/mol. The Hall–Kier alpha value is -0.940. The number of guanidine groups is 1. The summed E-state index contributed by atoms with van der Waals surface area (Å²) in [7, 11) is 0. The van der Waals surface area contributed by atoms with E-state index in [1.165, 1.54) is 6.42 Å². The lowest BCUT2D eigenvalue weighted by atomic mass is 10.3. The van der Waals surface area contributed by atoms with Crippen molar-refractivity contribution >= 4 is 29.9 Å². The fourth-order valence-electron chi connectivity index (χ4n) is 3.15. The Bertz CT molecular complexity index is 543. The van der Waals surface area contributed by atoms with Gasteiger partial charge >= 0.3 is 0 Å². The van der Waals surface area contributed by atoms with E-state index in [1.54, 1.807) is 0 Å². The van der Waals surface area contributed by atoms with Gasteiger partial charge in [-0.25, -0.2) is 4.99 Å². The average Bonchev–Trinajstić information content (AvgIpc) is 3.21. The normalized spacial score (nSPS) is 17.9. The Morgan fingerprint density at radius 3 is 2.84 bits per heavy atom. The molecule has 0 amide bonds. The van der Waals surface area contributed by atoms with E-state index in [4.69, 9.17) is 4.74 Å². The van der Waals surface area contributed by atoms with Crippen molar-refractivity contribution in [3.63, 3.8) is 0 Å². The van der Waals surface area contributed by atoms with Crippen molar-refractivity contribution in [2.24, 2.45) is 4.99 Å². The molecule has 0 aromatic carbocycles. The van der Waals surface area contributed by atoms with Gasteiger partial charge in [-0.2, -0.15) is 0 Å². The van der Waals surface area contributed by atoms with Crippen LogP contribution in [0.3, 0.4) is 0 Å². The number of aliphatic imine (C=N–C) groups is 1. The fourth-order valence-corrected chi connectivity index (χ4v) is 3.15. The van der Waals surface area contributed by atoms with E-state index in [1.807, 2.05) is 0 Å². The van der Waals surface area contributed by atoms with E-state index in [0.717, 1.165) is 82.9 Å². The standard InChI is InChI=1S/C16H29N7O.HI/c1-2-17-16(18-6-4-7-22-9-11-24-12-10-22)19-13-15-21-20-14-5-3-8-23(14)15;/h2-13H2,1H3,(H2,17,18,19);1H. The van der Waals surface area contributed by atoms with Gasteiger partial charge in [-0.1, -0.05) is 0 Å². The summed E-state index contributed by atoms with van der Waals surface area (Å²) in [4.78, 5) is 7.11. The Balaban J connectivity index is 0.00000225. The third-order valence-electron chi connectivity index (χ3n) is 4.46. The highest BCUT2D eigenvalue weighted by atomic mass is 127. The maximum absolute atomic E-state index is 5.38. The zero-order chi connectivity index (χ0) is 16.6. The highest BCUT2D eigenvalue weighted by molar-refractivity contribution is 14.0. The molecule has 1 aromatic heterocycles. The monoisotopic (exact) mass is 463 g/mol. The molecule has 1 fully saturated rings. The van der Waals surface area contributed by atoms with Crippen molar-refractivity contribution in [2.45, 2.75) is 39.3 Å². The molecule has 2 aliphatic rings. The second-order valence-corrected chi connectivity index (χ2v) is 6.22. The summed E-state index contributed by atoms with van der Waals surface area (Å²) in [5.74, 6) is 2.92. The lowest BCUT2D eigenvalue weighted by Gasteiger charge is -2.26. The minimum absolute atomic E-state index is 0. The molecule has 0 atom stereocenters. The van der Waals surface area contributed by atoms with Crippen LogP contribution >= 0.6 is 24.0 Å². The Morgan fingerprint density at radius 1 is 1.20 bits per heavy atom. The Labute approximate surface area is 166 Å². The molecule has 1 aromatic rings. The van der Waals surface area contributed by atoms with Gasteiger partial charge in [0.2, 0.25) is 0 Å². The smallest absolute Gasteiger partial charge is 0.191 e. The fraction of sp³-hybridized carbons (Fsp3) is 0.812. The molecule has 0 saturated carbocycles. The molecule has 2 aliphatic heterocycles. The molecule has 25 heavy (non-hydrogen) atoms. The molecule has 0 unspecified atom stereocenters. The summed E-state index contributed by atoms with van der Waals surface area (Å²) in [6, 6.07) is 0. The number of aromatic nitrogens is 3. The van der Waals surface area contributed by atoms with Crippen LogP contribution < -0.4 is 10.6 Å². The first kappa shape index (κ1) is 20.4. The number of nitrogens with zero attached hydrogens (tertiary/aromatic N) is 5. The number of morpholine rings is 1. The topological polar surface area (TPSA) is 79.6 Å². The summed E-state index contributed by atoms with van der Waals surface area (Å²) in [6.45, 7) is 10.4. The average molecular weight is 463 g/mol. The van der Waals surface area contributed by atoms with Crippen LogP contribution in [-0.4, -0.2) is 71.6 Å². The summed E-state index contributed by atoms with van der Waals surface area (Å²) < 4.78 is 7.58. The van der Waals surface area contributed by atoms with Crippen molar-refractivity contribution < 1.29 is 4.74 Å². The van der Waals surface area contributed by atoms with Crippen LogP contribution in [0.5, 0.6) is 0 Å². The van der Waals surface area contributed by atoms with Crippen LogP contribution in [0.2, 0.25) is 0 Å². The van der Waals surface area contributed by atoms with E-state index in [-0.39, 0.29) is 24.0 Å². The highest BCUT2D eigenvalue weighted by Crippen LogP contribution is 2.14.